The zero-order valence-corrected chi connectivity index (χ0v) is 19.3. The van der Waals surface area contributed by atoms with Crippen molar-refractivity contribution in [2.75, 3.05) is 36.5 Å². The molecule has 3 N–H and O–H groups in total. The van der Waals surface area contributed by atoms with Gasteiger partial charge in [0.25, 0.3) is 11.8 Å². The number of nitrogens with zero attached hydrogens (tertiary/aromatic N) is 3. The summed E-state index contributed by atoms with van der Waals surface area (Å²) < 4.78 is 5.40. The van der Waals surface area contributed by atoms with E-state index in [1.807, 2.05) is 31.2 Å². The number of morpholine rings is 1. The smallest absolute Gasteiger partial charge is 0.256 e. The average molecular weight is 471 g/mol. The molecule has 3 heterocycles. The van der Waals surface area contributed by atoms with Gasteiger partial charge < -0.3 is 20.3 Å². The van der Waals surface area contributed by atoms with Crippen molar-refractivity contribution in [2.24, 2.45) is 0 Å². The van der Waals surface area contributed by atoms with Crippen LogP contribution in [0.4, 0.5) is 11.5 Å². The summed E-state index contributed by atoms with van der Waals surface area (Å²) in [6, 6.07) is 16.3. The number of hydrogen-bond acceptors (Lipinski definition) is 6. The van der Waals surface area contributed by atoms with Crippen molar-refractivity contribution in [3.05, 3.63) is 83.7 Å². The topological polar surface area (TPSA) is 112 Å². The second-order valence-electron chi connectivity index (χ2n) is 8.41. The van der Waals surface area contributed by atoms with E-state index in [4.69, 9.17) is 4.74 Å². The minimum absolute atomic E-state index is 0.176. The fourth-order valence-corrected chi connectivity index (χ4v) is 4.09. The van der Waals surface area contributed by atoms with Crippen LogP contribution in [0.25, 0.3) is 10.9 Å². The van der Waals surface area contributed by atoms with Crippen LogP contribution in [-0.2, 0) is 4.74 Å². The number of amides is 2. The highest BCUT2D eigenvalue weighted by molar-refractivity contribution is 6.09. The fourth-order valence-electron chi connectivity index (χ4n) is 4.09. The SMILES string of the molecule is CC(NC(=O)c1ccc2[nH]nc(NC(=O)c3ccc(N4CCOCC4)cc3)c2c1)c1ccncc1. The van der Waals surface area contributed by atoms with Crippen LogP contribution in [0.15, 0.2) is 67.0 Å². The second-order valence-corrected chi connectivity index (χ2v) is 8.41. The molecule has 35 heavy (non-hydrogen) atoms. The van der Waals surface area contributed by atoms with E-state index in [9.17, 15) is 9.59 Å². The molecule has 1 unspecified atom stereocenters. The summed E-state index contributed by atoms with van der Waals surface area (Å²) in [7, 11) is 0. The van der Waals surface area contributed by atoms with Gasteiger partial charge in [-0.3, -0.25) is 19.7 Å². The maximum Gasteiger partial charge on any atom is 0.256 e. The first-order valence-corrected chi connectivity index (χ1v) is 11.5. The summed E-state index contributed by atoms with van der Waals surface area (Å²) in [5.74, 6) is -0.111. The van der Waals surface area contributed by atoms with Crippen LogP contribution < -0.4 is 15.5 Å². The van der Waals surface area contributed by atoms with Gasteiger partial charge in [0, 0.05) is 47.7 Å². The van der Waals surface area contributed by atoms with Crippen LogP contribution in [0.3, 0.4) is 0 Å². The number of fused-ring (bicyclic) bond motifs is 1. The number of ether oxygens (including phenoxy) is 1. The van der Waals surface area contributed by atoms with Crippen molar-refractivity contribution in [3.63, 3.8) is 0 Å². The Balaban J connectivity index is 1.29. The molecule has 2 aromatic heterocycles. The first-order chi connectivity index (χ1) is 17.1. The Morgan fingerprint density at radius 1 is 0.971 bits per heavy atom. The molecule has 1 aliphatic rings. The van der Waals surface area contributed by atoms with E-state index in [2.05, 4.69) is 30.7 Å². The molecule has 0 spiro atoms. The predicted octanol–water partition coefficient (Wildman–Crippen LogP) is 3.54. The number of H-pyrrole nitrogens is 1. The molecule has 0 saturated carbocycles. The molecule has 0 bridgehead atoms. The Kier molecular flexibility index (Phi) is 6.40. The maximum absolute atomic E-state index is 12.9. The normalized spacial score (nSPS) is 14.5. The monoisotopic (exact) mass is 470 g/mol. The molecule has 178 valence electrons. The van der Waals surface area contributed by atoms with Crippen molar-refractivity contribution in [2.45, 2.75) is 13.0 Å². The lowest BCUT2D eigenvalue weighted by Gasteiger charge is -2.28. The molecule has 4 aromatic rings. The fraction of sp³-hybridized carbons (Fsp3) is 0.231. The Morgan fingerprint density at radius 2 is 1.69 bits per heavy atom. The summed E-state index contributed by atoms with van der Waals surface area (Å²) in [4.78, 5) is 32.0. The molecular formula is C26H26N6O3. The van der Waals surface area contributed by atoms with Gasteiger partial charge in [0.05, 0.1) is 24.8 Å². The zero-order valence-electron chi connectivity index (χ0n) is 19.3. The third-order valence-electron chi connectivity index (χ3n) is 6.12. The summed E-state index contributed by atoms with van der Waals surface area (Å²) >= 11 is 0. The Hall–Kier alpha value is -4.24. The minimum atomic E-state index is -0.270. The largest absolute Gasteiger partial charge is 0.378 e. The van der Waals surface area contributed by atoms with Gasteiger partial charge in [-0.1, -0.05) is 0 Å². The molecule has 1 fully saturated rings. The number of anilines is 2. The number of nitrogens with one attached hydrogen (secondary N) is 3. The van der Waals surface area contributed by atoms with Crippen LogP contribution in [-0.4, -0.2) is 53.3 Å². The Labute approximate surface area is 202 Å². The lowest BCUT2D eigenvalue weighted by Crippen LogP contribution is -2.36. The van der Waals surface area contributed by atoms with Gasteiger partial charge in [-0.25, -0.2) is 0 Å². The molecule has 0 aliphatic carbocycles. The number of hydrogen-bond donors (Lipinski definition) is 3. The summed E-state index contributed by atoms with van der Waals surface area (Å²) in [5, 5.41) is 13.7. The zero-order chi connectivity index (χ0) is 24.2. The van der Waals surface area contributed by atoms with E-state index in [1.165, 1.54) is 0 Å². The van der Waals surface area contributed by atoms with Gasteiger partial charge in [0.2, 0.25) is 0 Å². The molecule has 1 atom stereocenters. The van der Waals surface area contributed by atoms with Crippen molar-refractivity contribution >= 4 is 34.2 Å². The Morgan fingerprint density at radius 3 is 2.43 bits per heavy atom. The van der Waals surface area contributed by atoms with E-state index < -0.39 is 0 Å². The molecule has 5 rings (SSSR count). The molecule has 9 heteroatoms. The molecule has 2 amide bonds. The van der Waals surface area contributed by atoms with E-state index in [1.54, 1.807) is 42.7 Å². The summed E-state index contributed by atoms with van der Waals surface area (Å²) in [6.45, 7) is 5.00. The van der Waals surface area contributed by atoms with Crippen LogP contribution in [0, 0.1) is 0 Å². The predicted molar refractivity (Wildman–Crippen MR) is 134 cm³/mol. The maximum atomic E-state index is 12.9. The number of aromatic nitrogens is 3. The van der Waals surface area contributed by atoms with Gasteiger partial charge in [-0.2, -0.15) is 5.10 Å². The lowest BCUT2D eigenvalue weighted by atomic mass is 10.1. The van der Waals surface area contributed by atoms with Gasteiger partial charge in [0.1, 0.15) is 0 Å². The van der Waals surface area contributed by atoms with Crippen molar-refractivity contribution in [1.29, 1.82) is 0 Å². The van der Waals surface area contributed by atoms with E-state index in [0.717, 1.165) is 29.9 Å². The molecule has 2 aromatic carbocycles. The Bertz CT molecular complexity index is 1330. The number of aromatic amines is 1. The highest BCUT2D eigenvalue weighted by Crippen LogP contribution is 2.24. The van der Waals surface area contributed by atoms with Crippen molar-refractivity contribution < 1.29 is 14.3 Å². The standard InChI is InChI=1S/C26H26N6O3/c1-17(18-8-10-27-11-9-18)28-26(34)20-4-7-23-22(16-20)24(31-30-23)29-25(33)19-2-5-21(6-3-19)32-12-14-35-15-13-32/h2-11,16-17H,12-15H2,1H3,(H,28,34)(H2,29,30,31,33). The number of pyridine rings is 1. The quantitative estimate of drug-likeness (QED) is 0.397. The number of benzene rings is 2. The minimum Gasteiger partial charge on any atom is -0.378 e. The molecule has 9 nitrogen and oxygen atoms in total. The van der Waals surface area contributed by atoms with E-state index in [-0.39, 0.29) is 17.9 Å². The third kappa shape index (κ3) is 4.99. The first kappa shape index (κ1) is 22.5. The van der Waals surface area contributed by atoms with Crippen LogP contribution in [0.5, 0.6) is 0 Å². The molecular weight excluding hydrogens is 444 g/mol. The molecule has 0 radical (unpaired) electrons. The third-order valence-corrected chi connectivity index (χ3v) is 6.12. The average Bonchev–Trinajstić information content (AvgIpc) is 3.31. The summed E-state index contributed by atoms with van der Waals surface area (Å²) in [5.41, 5.74) is 3.75. The van der Waals surface area contributed by atoms with Gasteiger partial charge >= 0.3 is 0 Å². The van der Waals surface area contributed by atoms with Crippen molar-refractivity contribution in [3.8, 4) is 0 Å². The van der Waals surface area contributed by atoms with Crippen LogP contribution >= 0.6 is 0 Å². The molecule has 1 aliphatic heterocycles. The van der Waals surface area contributed by atoms with Crippen LogP contribution in [0.2, 0.25) is 0 Å². The van der Waals surface area contributed by atoms with E-state index >= 15 is 0 Å². The second kappa shape index (κ2) is 9.94. The number of carbonyl (C=O) groups is 2. The van der Waals surface area contributed by atoms with Gasteiger partial charge in [-0.05, 0) is 67.1 Å². The van der Waals surface area contributed by atoms with Crippen LogP contribution in [0.1, 0.15) is 39.2 Å². The number of rotatable bonds is 6. The molecule has 1 saturated heterocycles. The lowest BCUT2D eigenvalue weighted by molar-refractivity contribution is 0.0939. The highest BCUT2D eigenvalue weighted by Gasteiger charge is 2.17. The van der Waals surface area contributed by atoms with Crippen molar-refractivity contribution in [1.82, 2.24) is 20.5 Å². The summed E-state index contributed by atoms with van der Waals surface area (Å²) in [6.07, 6.45) is 3.39. The van der Waals surface area contributed by atoms with Gasteiger partial charge in [-0.15, -0.1) is 0 Å². The first-order valence-electron chi connectivity index (χ1n) is 11.5. The highest BCUT2D eigenvalue weighted by atomic mass is 16.5. The van der Waals surface area contributed by atoms with Gasteiger partial charge in [0.15, 0.2) is 5.82 Å². The van der Waals surface area contributed by atoms with E-state index in [0.29, 0.717) is 35.5 Å². The number of carbonyl (C=O) groups excluding carboxylic acids is 2.